The maximum atomic E-state index is 11.8. The fraction of sp³-hybridized carbons (Fsp3) is 0.300. The summed E-state index contributed by atoms with van der Waals surface area (Å²) in [5.41, 5.74) is 4.11. The number of hydrogen-bond acceptors (Lipinski definition) is 6. The van der Waals surface area contributed by atoms with E-state index in [-0.39, 0.29) is 13.1 Å². The standard InChI is InChI=1S/C20H22BNO5/c1-14-5-4-6-15(2)18(14)13-25-17-9-7-16(8-10-17)21-26-19(23)11-22(3)12-20(24)27-21/h4-10H,11-13H2,1-3H3. The second-order valence-electron chi connectivity index (χ2n) is 6.71. The van der Waals surface area contributed by atoms with Crippen LogP contribution in [0, 0.1) is 13.8 Å². The predicted molar refractivity (Wildman–Crippen MR) is 102 cm³/mol. The minimum Gasteiger partial charge on any atom is -0.494 e. The molecule has 3 rings (SSSR count). The van der Waals surface area contributed by atoms with Crippen molar-refractivity contribution < 1.29 is 23.6 Å². The fourth-order valence-corrected chi connectivity index (χ4v) is 2.92. The Balaban J connectivity index is 1.67. The first-order valence-electron chi connectivity index (χ1n) is 8.78. The number of carbonyl (C=O) groups is 2. The van der Waals surface area contributed by atoms with E-state index in [0.29, 0.717) is 17.8 Å². The molecule has 0 N–H and O–H groups in total. The molecule has 7 heteroatoms. The van der Waals surface area contributed by atoms with E-state index in [1.807, 2.05) is 6.07 Å². The van der Waals surface area contributed by atoms with Crippen LogP contribution >= 0.6 is 0 Å². The highest BCUT2D eigenvalue weighted by Crippen LogP contribution is 2.17. The molecular formula is C20H22BNO5. The molecule has 0 bridgehead atoms. The zero-order valence-corrected chi connectivity index (χ0v) is 15.7. The third kappa shape index (κ3) is 4.89. The second-order valence-corrected chi connectivity index (χ2v) is 6.71. The molecular weight excluding hydrogens is 345 g/mol. The normalized spacial score (nSPS) is 15.6. The molecule has 0 aliphatic carbocycles. The van der Waals surface area contributed by atoms with Crippen LogP contribution in [0.2, 0.25) is 0 Å². The van der Waals surface area contributed by atoms with Crippen LogP contribution in [0.4, 0.5) is 0 Å². The van der Waals surface area contributed by atoms with Crippen LogP contribution in [-0.2, 0) is 25.5 Å². The van der Waals surface area contributed by atoms with Crippen molar-refractivity contribution in [3.63, 3.8) is 0 Å². The number of carbonyl (C=O) groups excluding carboxylic acids is 2. The van der Waals surface area contributed by atoms with Gasteiger partial charge in [0.05, 0.1) is 13.1 Å². The number of likely N-dealkylation sites (N-methyl/N-ethyl adjacent to an activating group) is 1. The van der Waals surface area contributed by atoms with E-state index in [1.54, 1.807) is 36.2 Å². The molecule has 1 aliphatic heterocycles. The number of aryl methyl sites for hydroxylation is 2. The SMILES string of the molecule is Cc1cccc(C)c1COc1ccc(B2OC(=O)CN(C)CC(=O)O2)cc1. The van der Waals surface area contributed by atoms with E-state index < -0.39 is 19.1 Å². The van der Waals surface area contributed by atoms with Gasteiger partial charge in [0, 0.05) is 5.46 Å². The first-order valence-corrected chi connectivity index (χ1v) is 8.78. The molecule has 1 saturated heterocycles. The molecule has 0 spiro atoms. The molecule has 27 heavy (non-hydrogen) atoms. The molecule has 2 aromatic rings. The molecule has 0 radical (unpaired) electrons. The van der Waals surface area contributed by atoms with E-state index >= 15 is 0 Å². The molecule has 140 valence electrons. The van der Waals surface area contributed by atoms with Crippen LogP contribution < -0.4 is 10.2 Å². The highest BCUT2D eigenvalue weighted by molar-refractivity contribution is 6.64. The summed E-state index contributed by atoms with van der Waals surface area (Å²) >= 11 is 0. The number of benzene rings is 2. The molecule has 0 unspecified atom stereocenters. The summed E-state index contributed by atoms with van der Waals surface area (Å²) in [6.45, 7) is 4.68. The van der Waals surface area contributed by atoms with Crippen LogP contribution in [0.15, 0.2) is 42.5 Å². The minimum absolute atomic E-state index is 0.0442. The Hall–Kier alpha value is -2.80. The fourth-order valence-electron chi connectivity index (χ4n) is 2.92. The lowest BCUT2D eigenvalue weighted by Gasteiger charge is -2.22. The van der Waals surface area contributed by atoms with E-state index in [1.165, 1.54) is 11.1 Å². The van der Waals surface area contributed by atoms with Crippen molar-refractivity contribution >= 4 is 24.5 Å². The summed E-state index contributed by atoms with van der Waals surface area (Å²) in [6, 6.07) is 13.2. The van der Waals surface area contributed by atoms with Gasteiger partial charge in [-0.15, -0.1) is 0 Å². The van der Waals surface area contributed by atoms with Crippen LogP contribution in [0.1, 0.15) is 16.7 Å². The van der Waals surface area contributed by atoms with Crippen molar-refractivity contribution in [1.29, 1.82) is 0 Å². The monoisotopic (exact) mass is 367 g/mol. The molecule has 1 fully saturated rings. The third-order valence-electron chi connectivity index (χ3n) is 4.45. The lowest BCUT2D eigenvalue weighted by atomic mass is 9.78. The van der Waals surface area contributed by atoms with Gasteiger partial charge in [0.1, 0.15) is 12.4 Å². The van der Waals surface area contributed by atoms with Gasteiger partial charge in [0.2, 0.25) is 0 Å². The second kappa shape index (κ2) is 8.27. The van der Waals surface area contributed by atoms with Gasteiger partial charge in [-0.3, -0.25) is 14.5 Å². The summed E-state index contributed by atoms with van der Waals surface area (Å²) in [6.07, 6.45) is 0. The van der Waals surface area contributed by atoms with Crippen molar-refractivity contribution in [2.75, 3.05) is 20.1 Å². The average molecular weight is 367 g/mol. The van der Waals surface area contributed by atoms with Gasteiger partial charge < -0.3 is 14.0 Å². The van der Waals surface area contributed by atoms with Crippen LogP contribution in [0.3, 0.4) is 0 Å². The first kappa shape index (κ1) is 19.0. The molecule has 1 heterocycles. The Kier molecular flexibility index (Phi) is 5.81. The first-order chi connectivity index (χ1) is 12.9. The maximum absolute atomic E-state index is 11.8. The van der Waals surface area contributed by atoms with Crippen molar-refractivity contribution in [1.82, 2.24) is 4.90 Å². The lowest BCUT2D eigenvalue weighted by molar-refractivity contribution is -0.145. The highest BCUT2D eigenvalue weighted by atomic mass is 16.6. The lowest BCUT2D eigenvalue weighted by Crippen LogP contribution is -2.47. The van der Waals surface area contributed by atoms with Gasteiger partial charge >= 0.3 is 19.1 Å². The van der Waals surface area contributed by atoms with Crippen LogP contribution in [-0.4, -0.2) is 44.1 Å². The van der Waals surface area contributed by atoms with Crippen LogP contribution in [0.25, 0.3) is 0 Å². The summed E-state index contributed by atoms with van der Waals surface area (Å²) in [5.74, 6) is -0.194. The molecule has 0 amide bonds. The largest absolute Gasteiger partial charge is 0.636 e. The summed E-state index contributed by atoms with van der Waals surface area (Å²) < 4.78 is 16.4. The zero-order chi connectivity index (χ0) is 19.4. The Morgan fingerprint density at radius 3 is 2.07 bits per heavy atom. The van der Waals surface area contributed by atoms with Gasteiger partial charge in [-0.05, 0) is 49.7 Å². The van der Waals surface area contributed by atoms with E-state index in [9.17, 15) is 9.59 Å². The topological polar surface area (TPSA) is 65.1 Å². The minimum atomic E-state index is -1.04. The van der Waals surface area contributed by atoms with E-state index in [2.05, 4.69) is 26.0 Å². The third-order valence-corrected chi connectivity index (χ3v) is 4.45. The predicted octanol–water partition coefficient (Wildman–Crippen LogP) is 1.61. The van der Waals surface area contributed by atoms with Crippen LogP contribution in [0.5, 0.6) is 5.75 Å². The Morgan fingerprint density at radius 1 is 0.963 bits per heavy atom. The molecule has 6 nitrogen and oxygen atoms in total. The Bertz CT molecular complexity index is 797. The van der Waals surface area contributed by atoms with Crippen molar-refractivity contribution in [3.8, 4) is 5.75 Å². The van der Waals surface area contributed by atoms with Crippen molar-refractivity contribution in [3.05, 3.63) is 59.2 Å². The number of nitrogens with zero attached hydrogens (tertiary/aromatic N) is 1. The van der Waals surface area contributed by atoms with Gasteiger partial charge in [0.25, 0.3) is 0 Å². The van der Waals surface area contributed by atoms with Gasteiger partial charge in [-0.25, -0.2) is 0 Å². The molecule has 0 saturated carbocycles. The van der Waals surface area contributed by atoms with Crippen molar-refractivity contribution in [2.45, 2.75) is 20.5 Å². The van der Waals surface area contributed by atoms with Crippen molar-refractivity contribution in [2.24, 2.45) is 0 Å². The molecule has 0 aromatic heterocycles. The Morgan fingerprint density at radius 2 is 1.52 bits per heavy atom. The summed E-state index contributed by atoms with van der Waals surface area (Å²) in [7, 11) is 0.622. The zero-order valence-electron chi connectivity index (χ0n) is 15.7. The molecule has 2 aromatic carbocycles. The number of rotatable bonds is 4. The quantitative estimate of drug-likeness (QED) is 0.766. The van der Waals surface area contributed by atoms with Gasteiger partial charge in [-0.2, -0.15) is 0 Å². The summed E-state index contributed by atoms with van der Waals surface area (Å²) in [5, 5.41) is 0. The average Bonchev–Trinajstić information content (AvgIpc) is 2.60. The smallest absolute Gasteiger partial charge is 0.494 e. The number of hydrogen-bond donors (Lipinski definition) is 0. The summed E-state index contributed by atoms with van der Waals surface area (Å²) in [4.78, 5) is 25.2. The molecule has 1 aliphatic rings. The highest BCUT2D eigenvalue weighted by Gasteiger charge is 2.33. The number of ether oxygens (including phenoxy) is 1. The maximum Gasteiger partial charge on any atom is 0.636 e. The van der Waals surface area contributed by atoms with Gasteiger partial charge in [-0.1, -0.05) is 30.3 Å². The van der Waals surface area contributed by atoms with E-state index in [4.69, 9.17) is 14.0 Å². The Labute approximate surface area is 159 Å². The van der Waals surface area contributed by atoms with E-state index in [0.717, 1.165) is 5.56 Å². The molecule has 0 atom stereocenters. The van der Waals surface area contributed by atoms with Gasteiger partial charge in [0.15, 0.2) is 0 Å².